The Morgan fingerprint density at radius 2 is 1.92 bits per heavy atom. The van der Waals surface area contributed by atoms with Crippen LogP contribution in [0.25, 0.3) is 10.9 Å². The van der Waals surface area contributed by atoms with Gasteiger partial charge < -0.3 is 9.88 Å². The summed E-state index contributed by atoms with van der Waals surface area (Å²) in [6.45, 7) is 6.66. The number of aromatic nitrogens is 1. The first-order chi connectivity index (χ1) is 11.5. The van der Waals surface area contributed by atoms with E-state index in [2.05, 4.69) is 11.1 Å². The molecule has 3 aromatic rings. The second-order valence-corrected chi connectivity index (χ2v) is 6.08. The van der Waals surface area contributed by atoms with Crippen LogP contribution in [-0.2, 0) is 6.54 Å². The van der Waals surface area contributed by atoms with Gasteiger partial charge in [-0.05, 0) is 44.5 Å². The highest BCUT2D eigenvalue weighted by Gasteiger charge is 2.21. The van der Waals surface area contributed by atoms with Crippen molar-refractivity contribution in [3.8, 4) is 0 Å². The predicted octanol–water partition coefficient (Wildman–Crippen LogP) is 4.59. The van der Waals surface area contributed by atoms with Gasteiger partial charge in [0.1, 0.15) is 11.5 Å². The van der Waals surface area contributed by atoms with Crippen LogP contribution in [0.2, 0.25) is 0 Å². The molecule has 0 saturated heterocycles. The molecule has 3 rings (SSSR count). The first kappa shape index (κ1) is 16.2. The zero-order valence-electron chi connectivity index (χ0n) is 14.2. The molecule has 2 aromatic carbocycles. The molecular formula is C20H21FN2O. The molecule has 0 radical (unpaired) electrons. The highest BCUT2D eigenvalue weighted by Crippen LogP contribution is 2.24. The number of carbonyl (C=O) groups excluding carboxylic acids is 1. The third-order valence-electron chi connectivity index (χ3n) is 4.42. The quantitative estimate of drug-likeness (QED) is 0.749. The molecule has 0 bridgehead atoms. The number of H-pyrrole nitrogens is 1. The van der Waals surface area contributed by atoms with Gasteiger partial charge in [-0.25, -0.2) is 4.39 Å². The Morgan fingerprint density at radius 3 is 2.62 bits per heavy atom. The summed E-state index contributed by atoms with van der Waals surface area (Å²) in [5, 5.41) is 1.06. The Balaban J connectivity index is 1.94. The Kier molecular flexibility index (Phi) is 4.38. The molecule has 0 fully saturated rings. The first-order valence-corrected chi connectivity index (χ1v) is 8.13. The van der Waals surface area contributed by atoms with Crippen molar-refractivity contribution in [2.75, 3.05) is 6.54 Å². The first-order valence-electron chi connectivity index (χ1n) is 8.13. The van der Waals surface area contributed by atoms with E-state index in [0.717, 1.165) is 22.0 Å². The van der Waals surface area contributed by atoms with Gasteiger partial charge in [0.2, 0.25) is 0 Å². The highest BCUT2D eigenvalue weighted by molar-refractivity contribution is 6.01. The molecule has 0 aliphatic heterocycles. The summed E-state index contributed by atoms with van der Waals surface area (Å²) in [6.07, 6.45) is 0. The lowest BCUT2D eigenvalue weighted by molar-refractivity contribution is 0.0745. The van der Waals surface area contributed by atoms with E-state index >= 15 is 0 Å². The van der Waals surface area contributed by atoms with Gasteiger partial charge in [0, 0.05) is 29.6 Å². The van der Waals surface area contributed by atoms with Gasteiger partial charge in [0.25, 0.3) is 5.91 Å². The number of carbonyl (C=O) groups is 1. The summed E-state index contributed by atoms with van der Waals surface area (Å²) in [6, 6.07) is 12.7. The van der Waals surface area contributed by atoms with E-state index in [9.17, 15) is 9.18 Å². The molecule has 1 aromatic heterocycles. The van der Waals surface area contributed by atoms with Crippen LogP contribution in [0.15, 0.2) is 42.5 Å². The fourth-order valence-corrected chi connectivity index (χ4v) is 2.97. The van der Waals surface area contributed by atoms with Gasteiger partial charge in [-0.1, -0.05) is 29.8 Å². The zero-order valence-corrected chi connectivity index (χ0v) is 14.2. The lowest BCUT2D eigenvalue weighted by Gasteiger charge is -2.21. The van der Waals surface area contributed by atoms with E-state index < -0.39 is 0 Å². The molecule has 1 amide bonds. The lowest BCUT2D eigenvalue weighted by atomic mass is 10.1. The van der Waals surface area contributed by atoms with Crippen LogP contribution in [0.5, 0.6) is 0 Å². The minimum absolute atomic E-state index is 0.105. The third-order valence-corrected chi connectivity index (χ3v) is 4.42. The van der Waals surface area contributed by atoms with Gasteiger partial charge in [-0.3, -0.25) is 4.79 Å². The fourth-order valence-electron chi connectivity index (χ4n) is 2.97. The van der Waals surface area contributed by atoms with Crippen LogP contribution in [0, 0.1) is 19.7 Å². The maximum Gasteiger partial charge on any atom is 0.270 e. The summed E-state index contributed by atoms with van der Waals surface area (Å²) in [4.78, 5) is 17.8. The molecule has 0 aliphatic carbocycles. The van der Waals surface area contributed by atoms with Gasteiger partial charge in [0.15, 0.2) is 0 Å². The van der Waals surface area contributed by atoms with Crippen molar-refractivity contribution < 1.29 is 9.18 Å². The summed E-state index contributed by atoms with van der Waals surface area (Å²) in [7, 11) is 0. The number of nitrogens with zero attached hydrogens (tertiary/aromatic N) is 1. The average Bonchev–Trinajstić information content (AvgIpc) is 2.90. The van der Waals surface area contributed by atoms with E-state index in [0.29, 0.717) is 17.8 Å². The Hall–Kier alpha value is -2.62. The van der Waals surface area contributed by atoms with Crippen molar-refractivity contribution in [3.63, 3.8) is 0 Å². The smallest absolute Gasteiger partial charge is 0.270 e. The predicted molar refractivity (Wildman–Crippen MR) is 94.6 cm³/mol. The minimum atomic E-state index is -0.284. The molecule has 0 aliphatic rings. The van der Waals surface area contributed by atoms with Gasteiger partial charge in [-0.15, -0.1) is 0 Å². The number of aromatic amines is 1. The minimum Gasteiger partial charge on any atom is -0.350 e. The average molecular weight is 324 g/mol. The topological polar surface area (TPSA) is 36.1 Å². The Labute approximate surface area is 141 Å². The summed E-state index contributed by atoms with van der Waals surface area (Å²) < 4.78 is 13.9. The van der Waals surface area contributed by atoms with Crippen LogP contribution < -0.4 is 0 Å². The monoisotopic (exact) mass is 324 g/mol. The number of nitrogens with one attached hydrogen (secondary N) is 1. The number of benzene rings is 2. The van der Waals surface area contributed by atoms with Crippen molar-refractivity contribution in [2.24, 2.45) is 0 Å². The number of halogens is 1. The lowest BCUT2D eigenvalue weighted by Crippen LogP contribution is -2.31. The number of hydrogen-bond donors (Lipinski definition) is 1. The van der Waals surface area contributed by atoms with Crippen molar-refractivity contribution in [2.45, 2.75) is 27.3 Å². The van der Waals surface area contributed by atoms with E-state index in [4.69, 9.17) is 0 Å². The van der Waals surface area contributed by atoms with E-state index in [1.807, 2.05) is 32.9 Å². The number of aryl methyl sites for hydroxylation is 2. The molecule has 24 heavy (non-hydrogen) atoms. The summed E-state index contributed by atoms with van der Waals surface area (Å²) in [5.74, 6) is -0.389. The van der Waals surface area contributed by atoms with Gasteiger partial charge in [-0.2, -0.15) is 0 Å². The van der Waals surface area contributed by atoms with Gasteiger partial charge in [0.05, 0.1) is 0 Å². The Morgan fingerprint density at radius 1 is 1.17 bits per heavy atom. The molecule has 1 N–H and O–H groups in total. The number of hydrogen-bond acceptors (Lipinski definition) is 1. The Bertz CT molecular complexity index is 898. The van der Waals surface area contributed by atoms with Gasteiger partial charge >= 0.3 is 0 Å². The van der Waals surface area contributed by atoms with Crippen molar-refractivity contribution in [1.82, 2.24) is 9.88 Å². The maximum absolute atomic E-state index is 13.9. The standard InChI is InChI=1S/C20H21FN2O/c1-4-23(12-15-7-5-6-8-17(15)21)20(24)19-14(3)16-11-13(2)9-10-18(16)22-19/h5-11,22H,4,12H2,1-3H3. The largest absolute Gasteiger partial charge is 0.350 e. The molecule has 0 unspecified atom stereocenters. The molecule has 0 spiro atoms. The van der Waals surface area contributed by atoms with Crippen LogP contribution in [0.3, 0.4) is 0 Å². The molecule has 0 atom stereocenters. The fraction of sp³-hybridized carbons (Fsp3) is 0.250. The van der Waals surface area contributed by atoms with Crippen molar-refractivity contribution in [1.29, 1.82) is 0 Å². The second-order valence-electron chi connectivity index (χ2n) is 6.08. The van der Waals surface area contributed by atoms with E-state index in [1.165, 1.54) is 6.07 Å². The molecule has 4 heteroatoms. The van der Waals surface area contributed by atoms with Crippen molar-refractivity contribution >= 4 is 16.8 Å². The molecule has 0 saturated carbocycles. The maximum atomic E-state index is 13.9. The van der Waals surface area contributed by atoms with Crippen LogP contribution in [0.4, 0.5) is 4.39 Å². The molecule has 124 valence electrons. The molecule has 3 nitrogen and oxygen atoms in total. The van der Waals surface area contributed by atoms with Crippen LogP contribution in [-0.4, -0.2) is 22.3 Å². The SMILES string of the molecule is CCN(Cc1ccccc1F)C(=O)c1[nH]c2ccc(C)cc2c1C. The molecular weight excluding hydrogens is 303 g/mol. The second kappa shape index (κ2) is 6.48. The third kappa shape index (κ3) is 2.92. The summed E-state index contributed by atoms with van der Waals surface area (Å²) >= 11 is 0. The number of fused-ring (bicyclic) bond motifs is 1. The summed E-state index contributed by atoms with van der Waals surface area (Å²) in [5.41, 5.74) is 4.14. The number of rotatable bonds is 4. The molecule has 1 heterocycles. The normalized spacial score (nSPS) is 11.0. The highest BCUT2D eigenvalue weighted by atomic mass is 19.1. The van der Waals surface area contributed by atoms with Crippen molar-refractivity contribution in [3.05, 3.63) is 70.7 Å². The zero-order chi connectivity index (χ0) is 17.3. The van der Waals surface area contributed by atoms with E-state index in [1.54, 1.807) is 23.1 Å². The van der Waals surface area contributed by atoms with Crippen LogP contribution in [0.1, 0.15) is 34.1 Å². The van der Waals surface area contributed by atoms with Crippen LogP contribution >= 0.6 is 0 Å². The number of amides is 1. The van der Waals surface area contributed by atoms with E-state index in [-0.39, 0.29) is 18.3 Å².